The number of esters is 1. The maximum atomic E-state index is 11.5. The summed E-state index contributed by atoms with van der Waals surface area (Å²) in [5.41, 5.74) is 14.4. The average Bonchev–Trinajstić information content (AvgIpc) is 3.14. The number of nitrogens with two attached hydrogens (primary N) is 1. The molecule has 0 amide bonds. The van der Waals surface area contributed by atoms with E-state index in [1.165, 1.54) is 12.7 Å². The zero-order chi connectivity index (χ0) is 22.7. The van der Waals surface area contributed by atoms with E-state index in [2.05, 4.69) is 33.9 Å². The molecule has 32 heavy (non-hydrogen) atoms. The Morgan fingerprint density at radius 3 is 2.69 bits per heavy atom. The van der Waals surface area contributed by atoms with Crippen LogP contribution in [0.25, 0.3) is 16.8 Å². The minimum Gasteiger partial charge on any atom is -0.469 e. The van der Waals surface area contributed by atoms with Crippen LogP contribution in [0.1, 0.15) is 36.1 Å². The highest BCUT2D eigenvalue weighted by atomic mass is 16.5. The molecule has 4 N–H and O–H groups in total. The molecule has 1 unspecified atom stereocenters. The molecule has 7 nitrogen and oxygen atoms in total. The van der Waals surface area contributed by atoms with Crippen molar-refractivity contribution in [2.75, 3.05) is 19.0 Å². The van der Waals surface area contributed by atoms with Crippen LogP contribution in [0.15, 0.2) is 60.6 Å². The quantitative estimate of drug-likeness (QED) is 0.535. The molecule has 0 fully saturated rings. The maximum Gasteiger partial charge on any atom is 0.309 e. The van der Waals surface area contributed by atoms with Gasteiger partial charge in [0.05, 0.1) is 31.5 Å². The Bertz CT molecular complexity index is 1140. The van der Waals surface area contributed by atoms with Gasteiger partial charge in [0, 0.05) is 42.3 Å². The number of nitrogens with one attached hydrogen (secondary N) is 2. The summed E-state index contributed by atoms with van der Waals surface area (Å²) in [6.45, 7) is 2.73. The molecule has 4 rings (SSSR count). The number of aryl methyl sites for hydroxylation is 1. The number of rotatable bonds is 5. The van der Waals surface area contributed by atoms with Crippen molar-refractivity contribution in [2.24, 2.45) is 12.8 Å². The minimum absolute atomic E-state index is 0.0948. The maximum absolute atomic E-state index is 11.5. The molecule has 1 aliphatic heterocycles. The number of carbonyl (C=O) groups is 1. The number of hydrogen-bond donors (Lipinski definition) is 3. The van der Waals surface area contributed by atoms with Crippen LogP contribution in [0.3, 0.4) is 0 Å². The number of allylic oxidation sites excluding steroid dienone is 1. The van der Waals surface area contributed by atoms with Crippen LogP contribution >= 0.6 is 0 Å². The Hall–Kier alpha value is -3.74. The van der Waals surface area contributed by atoms with Crippen LogP contribution in [0.2, 0.25) is 0 Å². The number of carbonyl (C=O) groups excluding carboxylic acids is 1. The lowest BCUT2D eigenvalue weighted by molar-refractivity contribution is -0.139. The molecule has 0 spiro atoms. The van der Waals surface area contributed by atoms with Gasteiger partial charge < -0.3 is 21.1 Å². The first-order valence-electron chi connectivity index (χ1n) is 10.7. The Morgan fingerprint density at radius 1 is 1.25 bits per heavy atom. The summed E-state index contributed by atoms with van der Waals surface area (Å²) in [4.78, 5) is 11.5. The summed E-state index contributed by atoms with van der Waals surface area (Å²) in [5, 5.41) is 11.5. The standard InChI is InChI=1S/C25H29N5O2/c1-16(26)25-21-9-6-18(19-14-28-30(2)15-19)13-22(21)23(10-11-27-25)29-20-7-4-17(5-8-20)12-24(31)32-3/h4-9,13-15,23,27,29H,10-12,26H2,1-3H3/b25-16-. The molecular weight excluding hydrogens is 402 g/mol. The summed E-state index contributed by atoms with van der Waals surface area (Å²) < 4.78 is 6.56. The minimum atomic E-state index is -0.242. The fourth-order valence-corrected chi connectivity index (χ4v) is 4.08. The van der Waals surface area contributed by atoms with E-state index in [0.717, 1.165) is 52.3 Å². The lowest BCUT2D eigenvalue weighted by Gasteiger charge is -2.21. The Balaban J connectivity index is 1.67. The van der Waals surface area contributed by atoms with E-state index in [0.29, 0.717) is 0 Å². The van der Waals surface area contributed by atoms with E-state index in [-0.39, 0.29) is 18.4 Å². The van der Waals surface area contributed by atoms with Gasteiger partial charge in [-0.2, -0.15) is 5.10 Å². The fourth-order valence-electron chi connectivity index (χ4n) is 4.08. The van der Waals surface area contributed by atoms with Crippen molar-refractivity contribution >= 4 is 17.4 Å². The molecule has 1 atom stereocenters. The van der Waals surface area contributed by atoms with Crippen LogP contribution in [-0.4, -0.2) is 29.4 Å². The van der Waals surface area contributed by atoms with E-state index in [1.807, 2.05) is 55.3 Å². The Morgan fingerprint density at radius 2 is 2.03 bits per heavy atom. The topological polar surface area (TPSA) is 94.2 Å². The summed E-state index contributed by atoms with van der Waals surface area (Å²) in [6, 6.07) is 14.5. The highest BCUT2D eigenvalue weighted by molar-refractivity contribution is 5.75. The van der Waals surface area contributed by atoms with Gasteiger partial charge in [0.25, 0.3) is 0 Å². The largest absolute Gasteiger partial charge is 0.469 e. The van der Waals surface area contributed by atoms with E-state index >= 15 is 0 Å². The molecule has 1 aliphatic rings. The van der Waals surface area contributed by atoms with Crippen molar-refractivity contribution in [3.63, 3.8) is 0 Å². The average molecular weight is 432 g/mol. The van der Waals surface area contributed by atoms with Gasteiger partial charge in [0.15, 0.2) is 0 Å². The third-order valence-electron chi connectivity index (χ3n) is 5.73. The molecule has 2 heterocycles. The fraction of sp³-hybridized carbons (Fsp3) is 0.280. The molecule has 0 radical (unpaired) electrons. The Labute approximate surface area is 188 Å². The van der Waals surface area contributed by atoms with E-state index in [9.17, 15) is 4.79 Å². The van der Waals surface area contributed by atoms with Crippen LogP contribution in [0.5, 0.6) is 0 Å². The molecule has 0 aliphatic carbocycles. The summed E-state index contributed by atoms with van der Waals surface area (Å²) in [5.74, 6) is -0.242. The van der Waals surface area contributed by atoms with E-state index < -0.39 is 0 Å². The molecule has 2 aromatic carbocycles. The number of fused-ring (bicyclic) bond motifs is 1. The van der Waals surface area contributed by atoms with Crippen LogP contribution in [0.4, 0.5) is 5.69 Å². The second kappa shape index (κ2) is 9.18. The lowest BCUT2D eigenvalue weighted by atomic mass is 9.93. The first-order chi connectivity index (χ1) is 15.4. The summed E-state index contributed by atoms with van der Waals surface area (Å²) in [7, 11) is 3.32. The number of ether oxygens (including phenoxy) is 1. The number of anilines is 1. The van der Waals surface area contributed by atoms with Crippen molar-refractivity contribution in [2.45, 2.75) is 25.8 Å². The van der Waals surface area contributed by atoms with Gasteiger partial charge in [-0.15, -0.1) is 0 Å². The summed E-state index contributed by atoms with van der Waals surface area (Å²) in [6.07, 6.45) is 5.06. The highest BCUT2D eigenvalue weighted by Crippen LogP contribution is 2.35. The molecular formula is C25H29N5O2. The molecule has 0 bridgehead atoms. The second-order valence-corrected chi connectivity index (χ2v) is 8.12. The van der Waals surface area contributed by atoms with Crippen LogP contribution < -0.4 is 16.4 Å². The predicted molar refractivity (Wildman–Crippen MR) is 127 cm³/mol. The van der Waals surface area contributed by atoms with Crippen molar-refractivity contribution < 1.29 is 9.53 Å². The molecule has 166 valence electrons. The van der Waals surface area contributed by atoms with E-state index in [4.69, 9.17) is 10.5 Å². The number of benzene rings is 2. The van der Waals surface area contributed by atoms with Crippen molar-refractivity contribution in [1.82, 2.24) is 15.1 Å². The molecule has 3 aromatic rings. The van der Waals surface area contributed by atoms with Gasteiger partial charge in [0.1, 0.15) is 0 Å². The van der Waals surface area contributed by atoms with Crippen molar-refractivity contribution in [3.05, 3.63) is 77.2 Å². The van der Waals surface area contributed by atoms with Crippen LogP contribution in [-0.2, 0) is 23.0 Å². The molecule has 7 heteroatoms. The molecule has 1 aromatic heterocycles. The zero-order valence-corrected chi connectivity index (χ0v) is 18.7. The first kappa shape index (κ1) is 21.5. The monoisotopic (exact) mass is 431 g/mol. The highest BCUT2D eigenvalue weighted by Gasteiger charge is 2.23. The van der Waals surface area contributed by atoms with Gasteiger partial charge in [0.2, 0.25) is 0 Å². The molecule has 0 saturated carbocycles. The summed E-state index contributed by atoms with van der Waals surface area (Å²) >= 11 is 0. The van der Waals surface area contributed by atoms with Gasteiger partial charge in [-0.25, -0.2) is 0 Å². The van der Waals surface area contributed by atoms with Gasteiger partial charge in [-0.1, -0.05) is 24.3 Å². The zero-order valence-electron chi connectivity index (χ0n) is 18.7. The third-order valence-corrected chi connectivity index (χ3v) is 5.73. The van der Waals surface area contributed by atoms with E-state index in [1.54, 1.807) is 0 Å². The number of nitrogens with zero attached hydrogens (tertiary/aromatic N) is 2. The molecule has 0 saturated heterocycles. The van der Waals surface area contributed by atoms with Crippen molar-refractivity contribution in [1.29, 1.82) is 0 Å². The normalized spacial score (nSPS) is 17.0. The van der Waals surface area contributed by atoms with Gasteiger partial charge >= 0.3 is 5.97 Å². The SMILES string of the molecule is COC(=O)Cc1ccc(NC2CCN/C(=C(/C)N)c3ccc(-c4cnn(C)c4)cc32)cc1. The lowest BCUT2D eigenvalue weighted by Crippen LogP contribution is -2.16. The number of methoxy groups -OCH3 is 1. The number of hydrogen-bond acceptors (Lipinski definition) is 6. The third kappa shape index (κ3) is 4.61. The number of aromatic nitrogens is 2. The second-order valence-electron chi connectivity index (χ2n) is 8.12. The van der Waals surface area contributed by atoms with Gasteiger partial charge in [-0.05, 0) is 48.2 Å². The van der Waals surface area contributed by atoms with Gasteiger partial charge in [-0.3, -0.25) is 9.48 Å². The predicted octanol–water partition coefficient (Wildman–Crippen LogP) is 3.60. The van der Waals surface area contributed by atoms with Crippen LogP contribution in [0, 0.1) is 0 Å². The smallest absolute Gasteiger partial charge is 0.309 e. The van der Waals surface area contributed by atoms with Crippen molar-refractivity contribution in [3.8, 4) is 11.1 Å². The first-order valence-corrected chi connectivity index (χ1v) is 10.7. The Kier molecular flexibility index (Phi) is 6.16.